The fraction of sp³-hybridized carbons (Fsp3) is 1.00. The molecule has 20 heavy (non-hydrogen) atoms. The number of ether oxygens (including phenoxy) is 6. The van der Waals surface area contributed by atoms with Crippen LogP contribution in [0, 0.1) is 0 Å². The minimum atomic E-state index is -0.461. The lowest BCUT2D eigenvalue weighted by molar-refractivity contribution is -0.251. The maximum atomic E-state index is 5.33. The first-order chi connectivity index (χ1) is 9.58. The summed E-state index contributed by atoms with van der Waals surface area (Å²) in [6, 6.07) is 0. The van der Waals surface area contributed by atoms with Crippen molar-refractivity contribution in [2.75, 3.05) is 31.0 Å². The van der Waals surface area contributed by atoms with Gasteiger partial charge in [0.25, 0.3) is 13.0 Å². The Kier molecular flexibility index (Phi) is 9.80. The maximum Gasteiger partial charge on any atom is 0.272 e. The molecular formula is C12H22Br2O6. The molecule has 0 aromatic rings. The van der Waals surface area contributed by atoms with Crippen LogP contribution in [0.3, 0.4) is 0 Å². The molecule has 2 aliphatic heterocycles. The van der Waals surface area contributed by atoms with Gasteiger partial charge in [-0.3, -0.25) is 0 Å². The van der Waals surface area contributed by atoms with Crippen LogP contribution in [0.15, 0.2) is 0 Å². The molecule has 120 valence electrons. The Bertz CT molecular complexity index is 246. The van der Waals surface area contributed by atoms with Gasteiger partial charge in [-0.05, 0) is 13.8 Å². The van der Waals surface area contributed by atoms with Crippen LogP contribution < -0.4 is 0 Å². The summed E-state index contributed by atoms with van der Waals surface area (Å²) < 4.78 is 30.8. The van der Waals surface area contributed by atoms with Crippen LogP contribution in [0.25, 0.3) is 0 Å². The van der Waals surface area contributed by atoms with E-state index < -0.39 is 13.0 Å². The third kappa shape index (κ3) is 7.13. The molecule has 0 bridgehead atoms. The van der Waals surface area contributed by atoms with E-state index in [1.807, 2.05) is 13.8 Å². The van der Waals surface area contributed by atoms with Crippen molar-refractivity contribution in [2.45, 2.75) is 45.1 Å². The minimum Gasteiger partial charge on any atom is -0.333 e. The fourth-order valence-corrected chi connectivity index (χ4v) is 2.10. The number of hydrogen-bond acceptors (Lipinski definition) is 6. The second kappa shape index (κ2) is 10.4. The van der Waals surface area contributed by atoms with Crippen LogP contribution in [-0.4, -0.2) is 62.2 Å². The average molecular weight is 422 g/mol. The van der Waals surface area contributed by atoms with Gasteiger partial charge in [0.1, 0.15) is 0 Å². The number of hydrogen-bond donors (Lipinski definition) is 0. The van der Waals surface area contributed by atoms with E-state index in [-0.39, 0.29) is 18.3 Å². The van der Waals surface area contributed by atoms with Crippen molar-refractivity contribution in [3.63, 3.8) is 0 Å². The van der Waals surface area contributed by atoms with E-state index >= 15 is 0 Å². The fourth-order valence-electron chi connectivity index (χ4n) is 1.42. The lowest BCUT2D eigenvalue weighted by atomic mass is 10.5. The molecule has 6 nitrogen and oxygen atoms in total. The molecule has 0 amide bonds. The molecule has 0 spiro atoms. The predicted octanol–water partition coefficient (Wildman–Crippen LogP) is 2.23. The first-order valence-corrected chi connectivity index (χ1v) is 8.67. The van der Waals surface area contributed by atoms with E-state index in [0.29, 0.717) is 13.2 Å². The Morgan fingerprint density at radius 3 is 1.85 bits per heavy atom. The van der Waals surface area contributed by atoms with Crippen molar-refractivity contribution in [1.29, 1.82) is 0 Å². The highest BCUT2D eigenvalue weighted by molar-refractivity contribution is 9.09. The summed E-state index contributed by atoms with van der Waals surface area (Å²) in [4.78, 5) is 0. The lowest BCUT2D eigenvalue weighted by Crippen LogP contribution is -2.19. The SMILES string of the molecule is CC(C)OC1OCC(CBr)O1.COC1OCC(CBr)O1. The van der Waals surface area contributed by atoms with Gasteiger partial charge in [-0.2, -0.15) is 0 Å². The smallest absolute Gasteiger partial charge is 0.272 e. The molecule has 2 saturated heterocycles. The van der Waals surface area contributed by atoms with Crippen molar-refractivity contribution in [3.8, 4) is 0 Å². The van der Waals surface area contributed by atoms with Gasteiger partial charge in [0.05, 0.1) is 31.5 Å². The quantitative estimate of drug-likeness (QED) is 0.634. The summed E-state index contributed by atoms with van der Waals surface area (Å²) in [6.07, 6.45) is 0.433. The summed E-state index contributed by atoms with van der Waals surface area (Å²) >= 11 is 6.58. The van der Waals surface area contributed by atoms with Gasteiger partial charge in [0, 0.05) is 17.8 Å². The molecule has 4 unspecified atom stereocenters. The molecule has 2 heterocycles. The molecular weight excluding hydrogens is 400 g/mol. The van der Waals surface area contributed by atoms with Crippen molar-refractivity contribution >= 4 is 31.9 Å². The summed E-state index contributed by atoms with van der Waals surface area (Å²) in [5.41, 5.74) is 0. The van der Waals surface area contributed by atoms with Gasteiger partial charge in [0.15, 0.2) is 0 Å². The van der Waals surface area contributed by atoms with Crippen LogP contribution in [0.5, 0.6) is 0 Å². The normalized spacial score (nSPS) is 33.3. The number of methoxy groups -OCH3 is 1. The first-order valence-electron chi connectivity index (χ1n) is 6.43. The van der Waals surface area contributed by atoms with E-state index in [4.69, 9.17) is 28.4 Å². The summed E-state index contributed by atoms with van der Waals surface area (Å²) in [5, 5.41) is 1.60. The largest absolute Gasteiger partial charge is 0.333 e. The first kappa shape index (κ1) is 18.8. The lowest BCUT2D eigenvalue weighted by Gasteiger charge is -2.13. The third-order valence-electron chi connectivity index (χ3n) is 2.36. The maximum absolute atomic E-state index is 5.33. The molecule has 2 aliphatic rings. The van der Waals surface area contributed by atoms with Gasteiger partial charge < -0.3 is 28.4 Å². The number of alkyl halides is 2. The van der Waals surface area contributed by atoms with E-state index in [2.05, 4.69) is 31.9 Å². The Morgan fingerprint density at radius 1 is 1.00 bits per heavy atom. The summed E-state index contributed by atoms with van der Waals surface area (Å²) in [7, 11) is 1.56. The van der Waals surface area contributed by atoms with Gasteiger partial charge in [-0.15, -0.1) is 0 Å². The minimum absolute atomic E-state index is 0.138. The highest BCUT2D eigenvalue weighted by Crippen LogP contribution is 2.15. The Morgan fingerprint density at radius 2 is 1.50 bits per heavy atom. The average Bonchev–Trinajstić information content (AvgIpc) is 3.06. The van der Waals surface area contributed by atoms with Crippen molar-refractivity contribution < 1.29 is 28.4 Å². The highest BCUT2D eigenvalue weighted by atomic mass is 79.9. The van der Waals surface area contributed by atoms with Gasteiger partial charge in [-0.25, -0.2) is 0 Å². The Hall–Kier alpha value is 0.720. The Balaban J connectivity index is 0.000000204. The van der Waals surface area contributed by atoms with Gasteiger partial charge in [-0.1, -0.05) is 31.9 Å². The summed E-state index contributed by atoms with van der Waals surface area (Å²) in [6.45, 7) is 4.22. The predicted molar refractivity (Wildman–Crippen MR) is 80.0 cm³/mol. The molecule has 8 heteroatoms. The monoisotopic (exact) mass is 420 g/mol. The molecule has 4 atom stereocenters. The van der Waals surface area contributed by atoms with E-state index in [9.17, 15) is 0 Å². The zero-order valence-corrected chi connectivity index (χ0v) is 15.1. The van der Waals surface area contributed by atoms with Crippen molar-refractivity contribution in [2.24, 2.45) is 0 Å². The third-order valence-corrected chi connectivity index (χ3v) is 3.81. The molecule has 0 aromatic carbocycles. The standard InChI is InChI=1S/C7H13BrO3.C5H9BrO3/c1-5(2)10-7-9-4-6(3-8)11-7;1-7-5-8-3-4(2-6)9-5/h5-7H,3-4H2,1-2H3;4-5H,2-3H2,1H3. The van der Waals surface area contributed by atoms with E-state index in [1.165, 1.54) is 0 Å². The molecule has 0 radical (unpaired) electrons. The van der Waals surface area contributed by atoms with Crippen LogP contribution in [0.2, 0.25) is 0 Å². The van der Waals surface area contributed by atoms with Crippen LogP contribution in [0.4, 0.5) is 0 Å². The van der Waals surface area contributed by atoms with Gasteiger partial charge in [0.2, 0.25) is 0 Å². The van der Waals surface area contributed by atoms with Crippen LogP contribution in [-0.2, 0) is 28.4 Å². The van der Waals surface area contributed by atoms with Crippen molar-refractivity contribution in [3.05, 3.63) is 0 Å². The summed E-state index contributed by atoms with van der Waals surface area (Å²) in [5.74, 6) is 0. The zero-order chi connectivity index (χ0) is 15.0. The highest BCUT2D eigenvalue weighted by Gasteiger charge is 2.26. The van der Waals surface area contributed by atoms with Crippen molar-refractivity contribution in [1.82, 2.24) is 0 Å². The molecule has 2 rings (SSSR count). The van der Waals surface area contributed by atoms with Gasteiger partial charge >= 0.3 is 0 Å². The zero-order valence-electron chi connectivity index (χ0n) is 11.9. The topological polar surface area (TPSA) is 55.4 Å². The molecule has 0 saturated carbocycles. The molecule has 0 aliphatic carbocycles. The van der Waals surface area contributed by atoms with E-state index in [1.54, 1.807) is 7.11 Å². The second-order valence-electron chi connectivity index (χ2n) is 4.49. The molecule has 2 fully saturated rings. The second-order valence-corrected chi connectivity index (χ2v) is 5.78. The number of halogens is 2. The van der Waals surface area contributed by atoms with Crippen LogP contribution >= 0.6 is 31.9 Å². The Labute approximate surface area is 136 Å². The molecule has 0 aromatic heterocycles. The molecule has 0 N–H and O–H groups in total. The van der Waals surface area contributed by atoms with Crippen LogP contribution in [0.1, 0.15) is 13.8 Å². The number of rotatable bonds is 5. The van der Waals surface area contributed by atoms with E-state index in [0.717, 1.165) is 10.7 Å².